The van der Waals surface area contributed by atoms with E-state index in [1.807, 2.05) is 51.2 Å². The maximum atomic E-state index is 14.1. The summed E-state index contributed by atoms with van der Waals surface area (Å²) in [6.45, 7) is 7.30. The van der Waals surface area contributed by atoms with Gasteiger partial charge in [0.05, 0.1) is 6.04 Å². The van der Waals surface area contributed by atoms with E-state index in [-0.39, 0.29) is 42.1 Å². The number of Topliss-reactive ketones (excluding diaryl/α,β-unsaturated/α-hetero) is 2. The smallest absolute Gasteiger partial charge is 0.246 e. The molecule has 10 nitrogen and oxygen atoms in total. The van der Waals surface area contributed by atoms with Crippen LogP contribution in [0.2, 0.25) is 0 Å². The Labute approximate surface area is 273 Å². The minimum atomic E-state index is -0.944. The van der Waals surface area contributed by atoms with E-state index in [0.717, 1.165) is 42.1 Å². The van der Waals surface area contributed by atoms with Crippen LogP contribution < -0.4 is 16.4 Å². The van der Waals surface area contributed by atoms with Crippen molar-refractivity contribution in [2.24, 2.45) is 17.6 Å². The summed E-state index contributed by atoms with van der Waals surface area (Å²) in [5, 5.41) is 7.03. The van der Waals surface area contributed by atoms with E-state index in [9.17, 15) is 24.0 Å². The standard InChI is InChI=1S/C36H53N5O5/c1-4-24(3)33-36(46)41-19-12-11-17-31(41)32(43)22-25(13-7-6-8-14-27(42)5-2)34(44)38-29(35(45)39-33)21-26-23-40(20-18-37)30-16-10-9-15-28(26)30/h9-10,15-16,23-25,29,31,33H,4-8,11-14,17-22,37H2,1-3H3,(H,38,44)(H,39,45)/t24?,25-,29-,31-,33+/m1/s1. The average Bonchev–Trinajstić information content (AvgIpc) is 3.41. The predicted octanol–water partition coefficient (Wildman–Crippen LogP) is 4.06. The van der Waals surface area contributed by atoms with Crippen LogP contribution in [0.4, 0.5) is 0 Å². The zero-order valence-corrected chi connectivity index (χ0v) is 27.9. The van der Waals surface area contributed by atoms with Crippen LogP contribution in [0.15, 0.2) is 30.5 Å². The number of fused-ring (bicyclic) bond motifs is 2. The summed E-state index contributed by atoms with van der Waals surface area (Å²) in [5.41, 5.74) is 7.78. The van der Waals surface area contributed by atoms with Gasteiger partial charge in [-0.05, 0) is 49.7 Å². The number of amides is 3. The lowest BCUT2D eigenvalue weighted by Gasteiger charge is -2.39. The number of unbranched alkanes of at least 4 members (excludes halogenated alkanes) is 2. The molecular weight excluding hydrogens is 582 g/mol. The quantitative estimate of drug-likeness (QED) is 0.283. The van der Waals surface area contributed by atoms with Gasteiger partial charge in [-0.1, -0.05) is 58.2 Å². The van der Waals surface area contributed by atoms with Crippen molar-refractivity contribution >= 4 is 40.2 Å². The first-order chi connectivity index (χ1) is 22.2. The third-order valence-electron chi connectivity index (χ3n) is 9.95. The largest absolute Gasteiger partial charge is 0.346 e. The van der Waals surface area contributed by atoms with Crippen LogP contribution in [0.1, 0.15) is 97.0 Å². The second-order valence-electron chi connectivity index (χ2n) is 13.2. The van der Waals surface area contributed by atoms with Crippen LogP contribution in [0.3, 0.4) is 0 Å². The first-order valence-electron chi connectivity index (χ1n) is 17.4. The van der Waals surface area contributed by atoms with Crippen LogP contribution in [-0.2, 0) is 36.9 Å². The molecule has 2 saturated heterocycles. The molecule has 2 aliphatic rings. The van der Waals surface area contributed by atoms with E-state index in [1.54, 1.807) is 4.90 Å². The Kier molecular flexibility index (Phi) is 12.9. The number of benzene rings is 1. The second-order valence-corrected chi connectivity index (χ2v) is 13.2. The number of nitrogens with zero attached hydrogens (tertiary/aromatic N) is 2. The number of para-hydroxylation sites is 1. The minimum absolute atomic E-state index is 0.0202. The summed E-state index contributed by atoms with van der Waals surface area (Å²) in [5.74, 6) is -1.61. The highest BCUT2D eigenvalue weighted by Gasteiger charge is 2.40. The lowest BCUT2D eigenvalue weighted by molar-refractivity contribution is -0.147. The van der Waals surface area contributed by atoms with E-state index in [1.165, 1.54) is 0 Å². The number of aromatic nitrogens is 1. The van der Waals surface area contributed by atoms with Gasteiger partial charge in [0, 0.05) is 68.3 Å². The van der Waals surface area contributed by atoms with E-state index in [4.69, 9.17) is 5.73 Å². The van der Waals surface area contributed by atoms with Gasteiger partial charge < -0.3 is 25.8 Å². The highest BCUT2D eigenvalue weighted by molar-refractivity contribution is 5.98. The van der Waals surface area contributed by atoms with Crippen LogP contribution >= 0.6 is 0 Å². The number of carbonyl (C=O) groups is 5. The number of hydrogen-bond acceptors (Lipinski definition) is 6. The van der Waals surface area contributed by atoms with Crippen molar-refractivity contribution in [1.29, 1.82) is 0 Å². The molecule has 1 aromatic carbocycles. The molecule has 3 amide bonds. The van der Waals surface area contributed by atoms with Gasteiger partial charge in [-0.25, -0.2) is 0 Å². The second kappa shape index (κ2) is 16.9. The molecule has 252 valence electrons. The van der Waals surface area contributed by atoms with Gasteiger partial charge in [-0.2, -0.15) is 0 Å². The monoisotopic (exact) mass is 635 g/mol. The molecule has 4 N–H and O–H groups in total. The Morgan fingerprint density at radius 1 is 1.02 bits per heavy atom. The van der Waals surface area contributed by atoms with Crippen LogP contribution in [0.5, 0.6) is 0 Å². The van der Waals surface area contributed by atoms with Crippen molar-refractivity contribution in [2.45, 2.75) is 122 Å². The van der Waals surface area contributed by atoms with Gasteiger partial charge >= 0.3 is 0 Å². The van der Waals surface area contributed by atoms with E-state index in [0.29, 0.717) is 58.2 Å². The minimum Gasteiger partial charge on any atom is -0.346 e. The Bertz CT molecular complexity index is 1390. The normalized spacial score (nSPS) is 23.7. The molecule has 2 fully saturated rings. The highest BCUT2D eigenvalue weighted by atomic mass is 16.2. The fourth-order valence-electron chi connectivity index (χ4n) is 6.95. The molecular formula is C36H53N5O5. The first-order valence-corrected chi connectivity index (χ1v) is 17.4. The van der Waals surface area contributed by atoms with Gasteiger partial charge in [0.2, 0.25) is 17.7 Å². The van der Waals surface area contributed by atoms with Crippen molar-refractivity contribution in [1.82, 2.24) is 20.1 Å². The van der Waals surface area contributed by atoms with Crippen molar-refractivity contribution in [3.63, 3.8) is 0 Å². The highest BCUT2D eigenvalue weighted by Crippen LogP contribution is 2.27. The molecule has 46 heavy (non-hydrogen) atoms. The van der Waals surface area contributed by atoms with Gasteiger partial charge in [-0.15, -0.1) is 0 Å². The van der Waals surface area contributed by atoms with Crippen molar-refractivity contribution in [3.8, 4) is 0 Å². The molecule has 3 heterocycles. The lowest BCUT2D eigenvalue weighted by Crippen LogP contribution is -2.61. The molecule has 2 aromatic rings. The topological polar surface area (TPSA) is 144 Å². The summed E-state index contributed by atoms with van der Waals surface area (Å²) < 4.78 is 2.06. The zero-order chi connectivity index (χ0) is 33.2. The van der Waals surface area contributed by atoms with E-state index in [2.05, 4.69) is 15.2 Å². The molecule has 4 rings (SSSR count). The van der Waals surface area contributed by atoms with Crippen molar-refractivity contribution in [3.05, 3.63) is 36.0 Å². The zero-order valence-electron chi connectivity index (χ0n) is 27.9. The fraction of sp³-hybridized carbons (Fsp3) is 0.639. The molecule has 5 atom stereocenters. The lowest BCUT2D eigenvalue weighted by atomic mass is 9.87. The number of nitrogens with two attached hydrogens (primary N) is 1. The maximum absolute atomic E-state index is 14.1. The average molecular weight is 636 g/mol. The summed E-state index contributed by atoms with van der Waals surface area (Å²) >= 11 is 0. The number of nitrogens with one attached hydrogen (secondary N) is 2. The van der Waals surface area contributed by atoms with E-state index < -0.39 is 30.0 Å². The molecule has 0 saturated carbocycles. The number of rotatable bonds is 13. The maximum Gasteiger partial charge on any atom is 0.246 e. The third kappa shape index (κ3) is 8.63. The molecule has 1 unspecified atom stereocenters. The van der Waals surface area contributed by atoms with Crippen LogP contribution in [-0.4, -0.2) is 70.0 Å². The summed E-state index contributed by atoms with van der Waals surface area (Å²) in [6, 6.07) is 5.58. The SMILES string of the molecule is CCC(=O)CCCCC[C@@H]1CC(=O)[C@H]2CCCCN2C(=O)[C@H](C(C)CC)NC(=O)[C@@H](Cc2cn(CCN)c3ccccc23)NC1=O. The van der Waals surface area contributed by atoms with Crippen molar-refractivity contribution < 1.29 is 24.0 Å². The predicted molar refractivity (Wildman–Crippen MR) is 179 cm³/mol. The number of carbonyl (C=O) groups excluding carboxylic acids is 5. The van der Waals surface area contributed by atoms with Gasteiger partial charge in [0.25, 0.3) is 0 Å². The molecule has 0 bridgehead atoms. The Balaban J connectivity index is 1.67. The van der Waals surface area contributed by atoms with E-state index >= 15 is 0 Å². The summed E-state index contributed by atoms with van der Waals surface area (Å²) in [7, 11) is 0. The Hall–Kier alpha value is -3.53. The van der Waals surface area contributed by atoms with Crippen LogP contribution in [0.25, 0.3) is 10.9 Å². The molecule has 0 radical (unpaired) electrons. The van der Waals surface area contributed by atoms with Gasteiger partial charge in [-0.3, -0.25) is 24.0 Å². The molecule has 2 aliphatic heterocycles. The number of piperidine rings is 1. The fourth-order valence-corrected chi connectivity index (χ4v) is 6.95. The Morgan fingerprint density at radius 3 is 2.54 bits per heavy atom. The summed E-state index contributed by atoms with van der Waals surface area (Å²) in [6.07, 6.45) is 8.81. The number of hydrogen-bond donors (Lipinski definition) is 3. The van der Waals surface area contributed by atoms with Crippen LogP contribution in [0, 0.1) is 11.8 Å². The molecule has 0 spiro atoms. The summed E-state index contributed by atoms with van der Waals surface area (Å²) in [4.78, 5) is 69.5. The van der Waals surface area contributed by atoms with Gasteiger partial charge in [0.1, 0.15) is 17.9 Å². The molecule has 10 heteroatoms. The Morgan fingerprint density at radius 2 is 1.80 bits per heavy atom. The third-order valence-corrected chi connectivity index (χ3v) is 9.95. The van der Waals surface area contributed by atoms with Gasteiger partial charge in [0.15, 0.2) is 5.78 Å². The number of ketones is 2. The van der Waals surface area contributed by atoms with Crippen molar-refractivity contribution in [2.75, 3.05) is 13.1 Å². The first kappa shape index (κ1) is 35.3. The molecule has 0 aliphatic carbocycles. The molecule has 1 aromatic heterocycles.